The van der Waals surface area contributed by atoms with Crippen LogP contribution in [0.1, 0.15) is 31.7 Å². The maximum absolute atomic E-state index is 11.9. The van der Waals surface area contributed by atoms with Gasteiger partial charge in [-0.3, -0.25) is 4.79 Å². The number of aromatic nitrogens is 1. The van der Waals surface area contributed by atoms with Gasteiger partial charge in [0.1, 0.15) is 5.75 Å². The quantitative estimate of drug-likeness (QED) is 0.860. The van der Waals surface area contributed by atoms with Gasteiger partial charge in [-0.05, 0) is 30.5 Å². The normalized spacial score (nSPS) is 12.9. The van der Waals surface area contributed by atoms with Crippen LogP contribution in [-0.2, 0) is 0 Å². The van der Waals surface area contributed by atoms with E-state index in [4.69, 9.17) is 11.6 Å². The van der Waals surface area contributed by atoms with Crippen LogP contribution in [0, 0.1) is 0 Å². The van der Waals surface area contributed by atoms with Gasteiger partial charge in [-0.15, -0.1) is 0 Å². The molecular weight excluding hydrogens is 238 g/mol. The smallest absolute Gasteiger partial charge is 0.255 e. The molecule has 17 heavy (non-hydrogen) atoms. The van der Waals surface area contributed by atoms with Crippen LogP contribution < -0.4 is 5.56 Å². The molecule has 1 heterocycles. The lowest BCUT2D eigenvalue weighted by Crippen LogP contribution is -2.15. The van der Waals surface area contributed by atoms with Gasteiger partial charge in [-0.2, -0.15) is 0 Å². The fraction of sp³-hybridized carbons (Fsp3) is 0.308. The number of rotatable bonds is 2. The number of aromatic hydroxyl groups is 1. The van der Waals surface area contributed by atoms with E-state index in [-0.39, 0.29) is 17.2 Å². The van der Waals surface area contributed by atoms with Gasteiger partial charge in [0, 0.05) is 10.4 Å². The van der Waals surface area contributed by atoms with E-state index in [0.717, 1.165) is 6.42 Å². The third kappa shape index (κ3) is 2.03. The van der Waals surface area contributed by atoms with Crippen molar-refractivity contribution in [1.82, 2.24) is 4.98 Å². The van der Waals surface area contributed by atoms with Crippen LogP contribution >= 0.6 is 11.6 Å². The van der Waals surface area contributed by atoms with Gasteiger partial charge in [0.2, 0.25) is 0 Å². The predicted molar refractivity (Wildman–Crippen MR) is 69.9 cm³/mol. The number of hydrogen-bond acceptors (Lipinski definition) is 2. The Balaban J connectivity index is 2.82. The minimum absolute atomic E-state index is 0.0159. The first kappa shape index (κ1) is 12.0. The van der Waals surface area contributed by atoms with Crippen molar-refractivity contribution in [2.24, 2.45) is 0 Å². The molecule has 0 saturated heterocycles. The number of halogens is 1. The Hall–Kier alpha value is -1.48. The fourth-order valence-electron chi connectivity index (χ4n) is 1.92. The van der Waals surface area contributed by atoms with Crippen LogP contribution in [0.4, 0.5) is 0 Å². The Morgan fingerprint density at radius 2 is 2.18 bits per heavy atom. The van der Waals surface area contributed by atoms with E-state index in [1.165, 1.54) is 0 Å². The van der Waals surface area contributed by atoms with Gasteiger partial charge in [-0.1, -0.05) is 25.4 Å². The minimum atomic E-state index is -0.230. The Morgan fingerprint density at radius 1 is 1.47 bits per heavy atom. The number of hydrogen-bond donors (Lipinski definition) is 2. The second-order valence-corrected chi connectivity index (χ2v) is 4.65. The highest BCUT2D eigenvalue weighted by Crippen LogP contribution is 2.32. The maximum atomic E-state index is 11.9. The summed E-state index contributed by atoms with van der Waals surface area (Å²) in [5, 5.41) is 11.3. The second-order valence-electron chi connectivity index (χ2n) is 4.22. The Kier molecular flexibility index (Phi) is 3.11. The van der Waals surface area contributed by atoms with Crippen molar-refractivity contribution < 1.29 is 5.11 Å². The van der Waals surface area contributed by atoms with E-state index in [9.17, 15) is 9.90 Å². The first-order chi connectivity index (χ1) is 8.04. The largest absolute Gasteiger partial charge is 0.507 e. The van der Waals surface area contributed by atoms with E-state index >= 15 is 0 Å². The SMILES string of the molecule is CC[C@H](C)c1c(O)c2cc(Cl)ccc2[nH]c1=O. The first-order valence-corrected chi connectivity index (χ1v) is 5.96. The molecule has 0 aliphatic rings. The van der Waals surface area contributed by atoms with E-state index in [1.807, 2.05) is 13.8 Å². The van der Waals surface area contributed by atoms with Crippen LogP contribution in [0.5, 0.6) is 5.75 Å². The lowest BCUT2D eigenvalue weighted by Gasteiger charge is -2.12. The molecule has 3 nitrogen and oxygen atoms in total. The summed E-state index contributed by atoms with van der Waals surface area (Å²) in [5.74, 6) is 0.0581. The van der Waals surface area contributed by atoms with Crippen molar-refractivity contribution in [3.63, 3.8) is 0 Å². The fourth-order valence-corrected chi connectivity index (χ4v) is 2.10. The number of pyridine rings is 1. The van der Waals surface area contributed by atoms with Gasteiger partial charge in [-0.25, -0.2) is 0 Å². The topological polar surface area (TPSA) is 53.1 Å². The van der Waals surface area contributed by atoms with Gasteiger partial charge >= 0.3 is 0 Å². The molecule has 1 aromatic heterocycles. The molecule has 1 atom stereocenters. The zero-order valence-electron chi connectivity index (χ0n) is 9.75. The summed E-state index contributed by atoms with van der Waals surface area (Å²) < 4.78 is 0. The Labute approximate surface area is 104 Å². The van der Waals surface area contributed by atoms with E-state index in [2.05, 4.69) is 4.98 Å². The summed E-state index contributed by atoms with van der Waals surface area (Å²) in [6.45, 7) is 3.90. The second kappa shape index (κ2) is 4.41. The third-order valence-corrected chi connectivity index (χ3v) is 3.32. The number of aromatic amines is 1. The van der Waals surface area contributed by atoms with Gasteiger partial charge in [0.25, 0.3) is 5.56 Å². The summed E-state index contributed by atoms with van der Waals surface area (Å²) in [6.07, 6.45) is 0.794. The minimum Gasteiger partial charge on any atom is -0.507 e. The molecule has 0 radical (unpaired) electrons. The van der Waals surface area contributed by atoms with Gasteiger partial charge < -0.3 is 10.1 Å². The van der Waals surface area contributed by atoms with Crippen molar-refractivity contribution in [3.8, 4) is 5.75 Å². The van der Waals surface area contributed by atoms with E-state index in [1.54, 1.807) is 18.2 Å². The highest BCUT2D eigenvalue weighted by atomic mass is 35.5. The maximum Gasteiger partial charge on any atom is 0.255 e. The molecule has 2 N–H and O–H groups in total. The molecule has 0 unspecified atom stereocenters. The Morgan fingerprint density at radius 3 is 2.82 bits per heavy atom. The molecule has 0 bridgehead atoms. The molecular formula is C13H14ClNO2. The van der Waals surface area contributed by atoms with Gasteiger partial charge in [0.15, 0.2) is 0 Å². The molecule has 4 heteroatoms. The van der Waals surface area contributed by atoms with Gasteiger partial charge in [0.05, 0.1) is 11.1 Å². The molecule has 2 aromatic rings. The average molecular weight is 252 g/mol. The highest BCUT2D eigenvalue weighted by molar-refractivity contribution is 6.31. The number of benzene rings is 1. The number of nitrogens with one attached hydrogen (secondary N) is 1. The lowest BCUT2D eigenvalue weighted by molar-refractivity contribution is 0.466. The molecule has 0 aliphatic carbocycles. The van der Waals surface area contributed by atoms with Crippen LogP contribution in [0.25, 0.3) is 10.9 Å². The van der Waals surface area contributed by atoms with Crippen molar-refractivity contribution >= 4 is 22.5 Å². The number of H-pyrrole nitrogens is 1. The molecule has 0 fully saturated rings. The summed E-state index contributed by atoms with van der Waals surface area (Å²) in [6, 6.07) is 5.04. The zero-order valence-corrected chi connectivity index (χ0v) is 10.5. The van der Waals surface area contributed by atoms with Crippen molar-refractivity contribution in [1.29, 1.82) is 0 Å². The van der Waals surface area contributed by atoms with Crippen LogP contribution in [0.15, 0.2) is 23.0 Å². The lowest BCUT2D eigenvalue weighted by atomic mass is 9.97. The predicted octanol–water partition coefficient (Wildman–Crippen LogP) is 3.40. The molecule has 90 valence electrons. The zero-order chi connectivity index (χ0) is 12.6. The Bertz CT molecular complexity index is 619. The van der Waals surface area contributed by atoms with Crippen molar-refractivity contribution in [3.05, 3.63) is 39.1 Å². The summed E-state index contributed by atoms with van der Waals surface area (Å²) in [4.78, 5) is 14.7. The molecule has 0 amide bonds. The summed E-state index contributed by atoms with van der Waals surface area (Å²) in [5.41, 5.74) is 0.804. The average Bonchev–Trinajstić information content (AvgIpc) is 2.30. The van der Waals surface area contributed by atoms with Crippen LogP contribution in [-0.4, -0.2) is 10.1 Å². The summed E-state index contributed by atoms with van der Waals surface area (Å²) >= 11 is 5.89. The number of fused-ring (bicyclic) bond motifs is 1. The van der Waals surface area contributed by atoms with Crippen LogP contribution in [0.3, 0.4) is 0 Å². The monoisotopic (exact) mass is 251 g/mol. The first-order valence-electron chi connectivity index (χ1n) is 5.59. The molecule has 0 saturated carbocycles. The summed E-state index contributed by atoms with van der Waals surface area (Å²) in [7, 11) is 0. The molecule has 2 rings (SSSR count). The van der Waals surface area contributed by atoms with Crippen molar-refractivity contribution in [2.75, 3.05) is 0 Å². The molecule has 0 spiro atoms. The van der Waals surface area contributed by atoms with Crippen LogP contribution in [0.2, 0.25) is 5.02 Å². The van der Waals surface area contributed by atoms with E-state index < -0.39 is 0 Å². The highest BCUT2D eigenvalue weighted by Gasteiger charge is 2.16. The van der Waals surface area contributed by atoms with E-state index in [0.29, 0.717) is 21.5 Å². The standard InChI is InChI=1S/C13H14ClNO2/c1-3-7(2)11-12(16)9-6-8(14)4-5-10(9)15-13(11)17/h4-7H,3H2,1-2H3,(H2,15,16,17)/t7-/m0/s1. The van der Waals surface area contributed by atoms with Crippen molar-refractivity contribution in [2.45, 2.75) is 26.2 Å². The third-order valence-electron chi connectivity index (χ3n) is 3.09. The molecule has 0 aliphatic heterocycles. The molecule has 1 aromatic carbocycles.